The molecule has 0 atom stereocenters. The molecule has 26 heavy (non-hydrogen) atoms. The van der Waals surface area contributed by atoms with Gasteiger partial charge < -0.3 is 14.5 Å². The number of carbonyl (C=O) groups excluding carboxylic acids is 2. The summed E-state index contributed by atoms with van der Waals surface area (Å²) < 4.78 is 5.18. The molecule has 0 aliphatic carbocycles. The standard InChI is InChI=1S/C19H22N4O3/c1-14-4-5-16(12-15(14)2)18(25)26-13-17(24)22-8-10-23(11-9-22)19-20-6-3-7-21-19/h3-7,12H,8-11,13H2,1-2H3. The lowest BCUT2D eigenvalue weighted by Gasteiger charge is -2.34. The van der Waals surface area contributed by atoms with Crippen LogP contribution in [-0.4, -0.2) is 59.5 Å². The molecule has 1 amide bonds. The predicted octanol–water partition coefficient (Wildman–Crippen LogP) is 1.60. The number of piperazine rings is 1. The SMILES string of the molecule is Cc1ccc(C(=O)OCC(=O)N2CCN(c3ncccn3)CC2)cc1C. The molecule has 3 rings (SSSR count). The molecule has 0 radical (unpaired) electrons. The summed E-state index contributed by atoms with van der Waals surface area (Å²) in [6.45, 7) is 6.09. The second kappa shape index (κ2) is 7.95. The molecule has 1 aromatic carbocycles. The fourth-order valence-corrected chi connectivity index (χ4v) is 2.78. The Hall–Kier alpha value is -2.96. The largest absolute Gasteiger partial charge is 0.452 e. The number of amides is 1. The Morgan fingerprint density at radius 2 is 1.73 bits per heavy atom. The van der Waals surface area contributed by atoms with Gasteiger partial charge in [-0.2, -0.15) is 0 Å². The summed E-state index contributed by atoms with van der Waals surface area (Å²) in [4.78, 5) is 36.6. The molecule has 1 saturated heterocycles. The van der Waals surface area contributed by atoms with Crippen molar-refractivity contribution < 1.29 is 14.3 Å². The first-order valence-corrected chi connectivity index (χ1v) is 8.59. The highest BCUT2D eigenvalue weighted by atomic mass is 16.5. The molecule has 1 fully saturated rings. The van der Waals surface area contributed by atoms with Crippen molar-refractivity contribution in [2.24, 2.45) is 0 Å². The van der Waals surface area contributed by atoms with Gasteiger partial charge in [0.1, 0.15) is 0 Å². The number of ether oxygens (including phenoxy) is 1. The van der Waals surface area contributed by atoms with E-state index in [1.165, 1.54) is 0 Å². The Bertz CT molecular complexity index is 787. The molecular formula is C19H22N4O3. The summed E-state index contributed by atoms with van der Waals surface area (Å²) in [5.41, 5.74) is 2.59. The number of nitrogens with zero attached hydrogens (tertiary/aromatic N) is 4. The van der Waals surface area contributed by atoms with Crippen molar-refractivity contribution in [2.75, 3.05) is 37.7 Å². The average molecular weight is 354 g/mol. The van der Waals surface area contributed by atoms with Crippen LogP contribution in [0.15, 0.2) is 36.7 Å². The maximum absolute atomic E-state index is 12.3. The fraction of sp³-hybridized carbons (Fsp3) is 0.368. The van der Waals surface area contributed by atoms with Crippen LogP contribution in [0.5, 0.6) is 0 Å². The van der Waals surface area contributed by atoms with Gasteiger partial charge >= 0.3 is 5.97 Å². The first-order chi connectivity index (χ1) is 12.5. The van der Waals surface area contributed by atoms with E-state index in [0.29, 0.717) is 37.7 Å². The molecule has 2 heterocycles. The Morgan fingerprint density at radius 3 is 2.38 bits per heavy atom. The Morgan fingerprint density at radius 1 is 1.04 bits per heavy atom. The summed E-state index contributed by atoms with van der Waals surface area (Å²) in [7, 11) is 0. The van der Waals surface area contributed by atoms with E-state index in [4.69, 9.17) is 4.74 Å². The van der Waals surface area contributed by atoms with Crippen molar-refractivity contribution in [3.8, 4) is 0 Å². The van der Waals surface area contributed by atoms with Crippen LogP contribution in [0.25, 0.3) is 0 Å². The highest BCUT2D eigenvalue weighted by molar-refractivity contribution is 5.91. The highest BCUT2D eigenvalue weighted by Gasteiger charge is 2.23. The number of carbonyl (C=O) groups is 2. The minimum Gasteiger partial charge on any atom is -0.452 e. The van der Waals surface area contributed by atoms with Crippen LogP contribution in [0.1, 0.15) is 21.5 Å². The fourth-order valence-electron chi connectivity index (χ4n) is 2.78. The second-order valence-electron chi connectivity index (χ2n) is 6.29. The van der Waals surface area contributed by atoms with E-state index < -0.39 is 5.97 Å². The van der Waals surface area contributed by atoms with E-state index in [-0.39, 0.29) is 12.5 Å². The van der Waals surface area contributed by atoms with Gasteiger partial charge in [-0.1, -0.05) is 6.07 Å². The van der Waals surface area contributed by atoms with Crippen molar-refractivity contribution in [1.29, 1.82) is 0 Å². The lowest BCUT2D eigenvalue weighted by molar-refractivity contribution is -0.134. The van der Waals surface area contributed by atoms with E-state index in [0.717, 1.165) is 11.1 Å². The molecule has 0 bridgehead atoms. The van der Waals surface area contributed by atoms with E-state index in [1.807, 2.05) is 24.8 Å². The van der Waals surface area contributed by atoms with E-state index in [9.17, 15) is 9.59 Å². The molecule has 0 spiro atoms. The third kappa shape index (κ3) is 4.17. The molecule has 0 saturated carbocycles. The van der Waals surface area contributed by atoms with Gasteiger partial charge in [-0.05, 0) is 43.2 Å². The van der Waals surface area contributed by atoms with Crippen molar-refractivity contribution in [3.63, 3.8) is 0 Å². The molecule has 7 nitrogen and oxygen atoms in total. The molecule has 0 unspecified atom stereocenters. The van der Waals surface area contributed by atoms with Gasteiger partial charge in [-0.25, -0.2) is 14.8 Å². The topological polar surface area (TPSA) is 75.6 Å². The smallest absolute Gasteiger partial charge is 0.338 e. The predicted molar refractivity (Wildman–Crippen MR) is 97.0 cm³/mol. The van der Waals surface area contributed by atoms with Gasteiger partial charge in [-0.3, -0.25) is 4.79 Å². The van der Waals surface area contributed by atoms with Crippen LogP contribution < -0.4 is 4.90 Å². The number of hydrogen-bond donors (Lipinski definition) is 0. The third-order valence-corrected chi connectivity index (χ3v) is 4.54. The number of benzene rings is 1. The van der Waals surface area contributed by atoms with Crippen LogP contribution in [0, 0.1) is 13.8 Å². The van der Waals surface area contributed by atoms with Gasteiger partial charge in [0.25, 0.3) is 5.91 Å². The quantitative estimate of drug-likeness (QED) is 0.777. The van der Waals surface area contributed by atoms with Crippen molar-refractivity contribution in [2.45, 2.75) is 13.8 Å². The highest BCUT2D eigenvalue weighted by Crippen LogP contribution is 2.12. The van der Waals surface area contributed by atoms with Crippen molar-refractivity contribution in [1.82, 2.24) is 14.9 Å². The molecule has 0 N–H and O–H groups in total. The first-order valence-electron chi connectivity index (χ1n) is 8.59. The third-order valence-electron chi connectivity index (χ3n) is 4.54. The number of hydrogen-bond acceptors (Lipinski definition) is 6. The number of esters is 1. The zero-order valence-corrected chi connectivity index (χ0v) is 15.0. The van der Waals surface area contributed by atoms with Crippen molar-refractivity contribution in [3.05, 3.63) is 53.3 Å². The molecule has 1 aliphatic rings. The summed E-state index contributed by atoms with van der Waals surface area (Å²) in [6, 6.07) is 7.14. The minimum absolute atomic E-state index is 0.184. The zero-order valence-electron chi connectivity index (χ0n) is 15.0. The van der Waals surface area contributed by atoms with Gasteiger partial charge in [0, 0.05) is 38.6 Å². The molecule has 136 valence electrons. The lowest BCUT2D eigenvalue weighted by atomic mass is 10.1. The summed E-state index contributed by atoms with van der Waals surface area (Å²) >= 11 is 0. The number of anilines is 1. The van der Waals surface area contributed by atoms with E-state index >= 15 is 0 Å². The van der Waals surface area contributed by atoms with Gasteiger partial charge in [0.15, 0.2) is 6.61 Å². The minimum atomic E-state index is -0.474. The van der Waals surface area contributed by atoms with Gasteiger partial charge in [-0.15, -0.1) is 0 Å². The van der Waals surface area contributed by atoms with Crippen LogP contribution in [0.3, 0.4) is 0 Å². The molecule has 1 aromatic heterocycles. The number of rotatable bonds is 4. The average Bonchev–Trinajstić information content (AvgIpc) is 2.68. The number of aromatic nitrogens is 2. The summed E-state index contributed by atoms with van der Waals surface area (Å²) in [5.74, 6) is 0.00866. The van der Waals surface area contributed by atoms with E-state index in [2.05, 4.69) is 9.97 Å². The molecule has 1 aliphatic heterocycles. The first kappa shape index (κ1) is 17.8. The Balaban J connectivity index is 1.48. The van der Waals surface area contributed by atoms with Crippen LogP contribution in [-0.2, 0) is 9.53 Å². The number of aryl methyl sites for hydroxylation is 2. The molecule has 2 aromatic rings. The molecular weight excluding hydrogens is 332 g/mol. The van der Waals surface area contributed by atoms with Crippen LogP contribution in [0.4, 0.5) is 5.95 Å². The monoisotopic (exact) mass is 354 g/mol. The Kier molecular flexibility index (Phi) is 5.46. The maximum Gasteiger partial charge on any atom is 0.338 e. The lowest BCUT2D eigenvalue weighted by Crippen LogP contribution is -2.50. The second-order valence-corrected chi connectivity index (χ2v) is 6.29. The van der Waals surface area contributed by atoms with Gasteiger partial charge in [0.2, 0.25) is 5.95 Å². The van der Waals surface area contributed by atoms with Gasteiger partial charge in [0.05, 0.1) is 5.56 Å². The van der Waals surface area contributed by atoms with E-state index in [1.54, 1.807) is 35.5 Å². The normalized spacial score (nSPS) is 14.2. The Labute approximate surface area is 152 Å². The molecule has 7 heteroatoms. The maximum atomic E-state index is 12.3. The van der Waals surface area contributed by atoms with Crippen molar-refractivity contribution >= 4 is 17.8 Å². The summed E-state index contributed by atoms with van der Waals surface area (Å²) in [6.07, 6.45) is 3.40. The van der Waals surface area contributed by atoms with Crippen LogP contribution in [0.2, 0.25) is 0 Å². The zero-order chi connectivity index (χ0) is 18.5. The summed E-state index contributed by atoms with van der Waals surface area (Å²) in [5, 5.41) is 0. The van der Waals surface area contributed by atoms with Crippen LogP contribution >= 0.6 is 0 Å².